The van der Waals surface area contributed by atoms with Crippen molar-refractivity contribution in [1.29, 1.82) is 0 Å². The average Bonchev–Trinajstić information content (AvgIpc) is 2.95. The Balaban J connectivity index is 1.86. The monoisotopic (exact) mass is 387 g/mol. The van der Waals surface area contributed by atoms with Crippen molar-refractivity contribution in [3.05, 3.63) is 84.0 Å². The van der Waals surface area contributed by atoms with Crippen LogP contribution in [0, 0.1) is 0 Å². The highest BCUT2D eigenvalue weighted by Gasteiger charge is 2.46. The summed E-state index contributed by atoms with van der Waals surface area (Å²) in [7, 11) is 0. The van der Waals surface area contributed by atoms with Crippen LogP contribution in [0.3, 0.4) is 0 Å². The van der Waals surface area contributed by atoms with E-state index in [1.54, 1.807) is 0 Å². The van der Waals surface area contributed by atoms with Crippen molar-refractivity contribution in [2.75, 3.05) is 13.1 Å². The Kier molecular flexibility index (Phi) is 6.49. The molecular formula is C28H37N. The number of hydrogen-bond donors (Lipinski definition) is 0. The molecule has 0 radical (unpaired) electrons. The zero-order valence-corrected chi connectivity index (χ0v) is 19.0. The Hall–Kier alpha value is -2.12. The molecule has 1 aliphatic rings. The normalized spacial score (nSPS) is 22.6. The maximum atomic E-state index is 4.07. The maximum absolute atomic E-state index is 4.07. The van der Waals surface area contributed by atoms with Crippen LogP contribution >= 0.6 is 0 Å². The topological polar surface area (TPSA) is 3.24 Å². The van der Waals surface area contributed by atoms with Crippen molar-refractivity contribution in [2.24, 2.45) is 0 Å². The quantitative estimate of drug-likeness (QED) is 0.446. The van der Waals surface area contributed by atoms with E-state index in [4.69, 9.17) is 0 Å². The molecule has 1 atom stereocenters. The number of nitrogens with zero attached hydrogens (tertiary/aromatic N) is 1. The third-order valence-electron chi connectivity index (χ3n) is 6.62. The third kappa shape index (κ3) is 4.73. The molecule has 1 heteroatoms. The number of fused-ring (bicyclic) bond motifs is 1. The highest BCUT2D eigenvalue weighted by Crippen LogP contribution is 2.45. The lowest BCUT2D eigenvalue weighted by molar-refractivity contribution is 0.189. The lowest BCUT2D eigenvalue weighted by Gasteiger charge is -2.32. The highest BCUT2D eigenvalue weighted by molar-refractivity contribution is 5.86. The van der Waals surface area contributed by atoms with Crippen LogP contribution in [0.2, 0.25) is 0 Å². The Morgan fingerprint density at radius 3 is 2.48 bits per heavy atom. The molecular weight excluding hydrogens is 350 g/mol. The molecule has 0 spiro atoms. The molecule has 154 valence electrons. The lowest BCUT2D eigenvalue weighted by Crippen LogP contribution is -2.39. The first-order valence-electron chi connectivity index (χ1n) is 11.1. The second-order valence-electron chi connectivity index (χ2n) is 9.48. The summed E-state index contributed by atoms with van der Waals surface area (Å²) in [5.41, 5.74) is 4.50. The SMILES string of the molecule is C=C(/C=C\C=C(\CC)CN1C[C@@](C)(c2cccc3ccccc23)CC1(C)C)CC. The molecule has 3 rings (SSSR count). The Morgan fingerprint density at radius 1 is 1.03 bits per heavy atom. The summed E-state index contributed by atoms with van der Waals surface area (Å²) in [6.45, 7) is 17.9. The van der Waals surface area contributed by atoms with E-state index in [2.05, 4.69) is 107 Å². The van der Waals surface area contributed by atoms with Gasteiger partial charge in [0, 0.05) is 24.0 Å². The van der Waals surface area contributed by atoms with E-state index in [-0.39, 0.29) is 11.0 Å². The smallest absolute Gasteiger partial charge is 0.0201 e. The van der Waals surface area contributed by atoms with E-state index in [0.29, 0.717) is 0 Å². The summed E-state index contributed by atoms with van der Waals surface area (Å²) < 4.78 is 0. The molecule has 29 heavy (non-hydrogen) atoms. The molecule has 1 aliphatic heterocycles. The zero-order valence-electron chi connectivity index (χ0n) is 19.0. The molecule has 1 nitrogen and oxygen atoms in total. The van der Waals surface area contributed by atoms with Crippen molar-refractivity contribution >= 4 is 10.8 Å². The lowest BCUT2D eigenvalue weighted by atomic mass is 9.76. The van der Waals surface area contributed by atoms with E-state index < -0.39 is 0 Å². The molecule has 2 aromatic carbocycles. The first-order chi connectivity index (χ1) is 13.8. The fourth-order valence-electron chi connectivity index (χ4n) is 4.93. The molecule has 0 unspecified atom stereocenters. The summed E-state index contributed by atoms with van der Waals surface area (Å²) in [5.74, 6) is 0. The van der Waals surface area contributed by atoms with Gasteiger partial charge in [0.05, 0.1) is 0 Å². The van der Waals surface area contributed by atoms with E-state index in [9.17, 15) is 0 Å². The van der Waals surface area contributed by atoms with E-state index in [1.165, 1.54) is 33.9 Å². The van der Waals surface area contributed by atoms with Crippen molar-refractivity contribution in [3.63, 3.8) is 0 Å². The third-order valence-corrected chi connectivity index (χ3v) is 6.62. The number of allylic oxidation sites excluding steroid dienone is 4. The second kappa shape index (κ2) is 8.71. The van der Waals surface area contributed by atoms with Crippen LogP contribution in [0.15, 0.2) is 78.4 Å². The Bertz CT molecular complexity index is 925. The van der Waals surface area contributed by atoms with Gasteiger partial charge in [0.2, 0.25) is 0 Å². The molecule has 0 saturated carbocycles. The van der Waals surface area contributed by atoms with Gasteiger partial charge in [-0.25, -0.2) is 0 Å². The van der Waals surface area contributed by atoms with Gasteiger partial charge in [-0.05, 0) is 49.4 Å². The highest BCUT2D eigenvalue weighted by atomic mass is 15.2. The summed E-state index contributed by atoms with van der Waals surface area (Å²) in [5, 5.41) is 2.75. The minimum atomic E-state index is 0.162. The predicted molar refractivity (Wildman–Crippen MR) is 129 cm³/mol. The number of hydrogen-bond acceptors (Lipinski definition) is 1. The Morgan fingerprint density at radius 2 is 1.76 bits per heavy atom. The van der Waals surface area contributed by atoms with Crippen LogP contribution in [0.25, 0.3) is 10.8 Å². The van der Waals surface area contributed by atoms with E-state index in [1.807, 2.05) is 0 Å². The van der Waals surface area contributed by atoms with Gasteiger partial charge in [0.1, 0.15) is 0 Å². The van der Waals surface area contributed by atoms with Crippen LogP contribution in [-0.2, 0) is 5.41 Å². The van der Waals surface area contributed by atoms with Crippen molar-refractivity contribution in [2.45, 2.75) is 64.8 Å². The largest absolute Gasteiger partial charge is 0.293 e. The van der Waals surface area contributed by atoms with Gasteiger partial charge in [-0.15, -0.1) is 0 Å². The van der Waals surface area contributed by atoms with Gasteiger partial charge in [-0.1, -0.05) is 99.2 Å². The molecule has 0 amide bonds. The van der Waals surface area contributed by atoms with Crippen molar-refractivity contribution in [3.8, 4) is 0 Å². The first-order valence-corrected chi connectivity index (χ1v) is 11.1. The molecule has 1 saturated heterocycles. The molecule has 0 aliphatic carbocycles. The summed E-state index contributed by atoms with van der Waals surface area (Å²) in [6, 6.07) is 15.6. The second-order valence-corrected chi connectivity index (χ2v) is 9.48. The molecule has 0 aromatic heterocycles. The fraction of sp³-hybridized carbons (Fsp3) is 0.429. The fourth-order valence-corrected chi connectivity index (χ4v) is 4.93. The number of likely N-dealkylation sites (tertiary alicyclic amines) is 1. The molecule has 0 N–H and O–H groups in total. The van der Waals surface area contributed by atoms with Crippen LogP contribution in [0.4, 0.5) is 0 Å². The van der Waals surface area contributed by atoms with Crippen molar-refractivity contribution in [1.82, 2.24) is 4.90 Å². The van der Waals surface area contributed by atoms with Crippen LogP contribution in [-0.4, -0.2) is 23.5 Å². The zero-order chi connectivity index (χ0) is 21.1. The number of rotatable bonds is 7. The maximum Gasteiger partial charge on any atom is 0.0201 e. The van der Waals surface area contributed by atoms with Gasteiger partial charge in [0.15, 0.2) is 0 Å². The van der Waals surface area contributed by atoms with Gasteiger partial charge >= 0.3 is 0 Å². The molecule has 1 heterocycles. The van der Waals surface area contributed by atoms with Gasteiger partial charge in [-0.3, -0.25) is 4.90 Å². The van der Waals surface area contributed by atoms with E-state index in [0.717, 1.165) is 25.9 Å². The summed E-state index contributed by atoms with van der Waals surface area (Å²) >= 11 is 0. The minimum absolute atomic E-state index is 0.162. The predicted octanol–water partition coefficient (Wildman–Crippen LogP) is 7.44. The Labute approximate surface area is 177 Å². The summed E-state index contributed by atoms with van der Waals surface area (Å²) in [6.07, 6.45) is 9.88. The molecule has 1 fully saturated rings. The first kappa shape index (κ1) is 21.6. The number of benzene rings is 2. The van der Waals surface area contributed by atoms with Crippen LogP contribution in [0.5, 0.6) is 0 Å². The van der Waals surface area contributed by atoms with E-state index >= 15 is 0 Å². The molecule has 0 bridgehead atoms. The molecule has 2 aromatic rings. The van der Waals surface area contributed by atoms with Gasteiger partial charge in [-0.2, -0.15) is 0 Å². The van der Waals surface area contributed by atoms with Crippen LogP contribution in [0.1, 0.15) is 59.4 Å². The summed E-state index contributed by atoms with van der Waals surface area (Å²) in [4.78, 5) is 2.69. The van der Waals surface area contributed by atoms with Gasteiger partial charge < -0.3 is 0 Å². The van der Waals surface area contributed by atoms with Gasteiger partial charge in [0.25, 0.3) is 0 Å². The van der Waals surface area contributed by atoms with Crippen LogP contribution < -0.4 is 0 Å². The minimum Gasteiger partial charge on any atom is -0.293 e. The average molecular weight is 388 g/mol. The van der Waals surface area contributed by atoms with Crippen molar-refractivity contribution < 1.29 is 0 Å². The standard InChI is InChI=1S/C28H37N/c1-7-22(3)13-11-14-23(8-2)19-29-21-28(6,20-27(29,4)5)26-18-12-16-24-15-9-10-17-25(24)26/h9-18H,3,7-8,19-21H2,1-2,4-6H3/b13-11-,23-14-/t28-/m0/s1.